The zero-order valence-electron chi connectivity index (χ0n) is 15.4. The van der Waals surface area contributed by atoms with Gasteiger partial charge in [-0.05, 0) is 43.2 Å². The number of para-hydroxylation sites is 1. The molecule has 6 heteroatoms. The molecule has 1 aromatic heterocycles. The monoisotopic (exact) mass is 379 g/mol. The number of anilines is 2. The first-order valence-corrected chi connectivity index (χ1v) is 10.1. The molecule has 1 fully saturated rings. The van der Waals surface area contributed by atoms with E-state index in [9.17, 15) is 4.79 Å². The summed E-state index contributed by atoms with van der Waals surface area (Å²) in [7, 11) is 1.67. The van der Waals surface area contributed by atoms with E-state index < -0.39 is 0 Å². The Morgan fingerprint density at radius 2 is 2.04 bits per heavy atom. The second-order valence-corrected chi connectivity index (χ2v) is 8.33. The number of methoxy groups -OCH3 is 1. The Morgan fingerprint density at radius 1 is 1.22 bits per heavy atom. The standard InChI is InChI=1S/C21H21N3O2S/c1-13-9-14-5-3-4-6-18(14)24(13)20(25)15-11-23(12-15)21-22-17-8-7-16(26-2)10-19(17)27-21/h3-8,10,13,15H,9,11-12H2,1-2H3. The van der Waals surface area contributed by atoms with Crippen LogP contribution in [0.5, 0.6) is 5.75 Å². The normalized spacial score (nSPS) is 19.3. The molecular weight excluding hydrogens is 358 g/mol. The van der Waals surface area contributed by atoms with Crippen LogP contribution in [0, 0.1) is 5.92 Å². The van der Waals surface area contributed by atoms with Crippen molar-refractivity contribution in [2.45, 2.75) is 19.4 Å². The second kappa shape index (κ2) is 6.23. The minimum Gasteiger partial charge on any atom is -0.497 e. The summed E-state index contributed by atoms with van der Waals surface area (Å²) in [6.45, 7) is 3.61. The molecule has 1 unspecified atom stereocenters. The predicted octanol–water partition coefficient (Wildman–Crippen LogP) is 3.72. The van der Waals surface area contributed by atoms with E-state index in [0.717, 1.165) is 46.3 Å². The van der Waals surface area contributed by atoms with Gasteiger partial charge in [0, 0.05) is 24.8 Å². The summed E-state index contributed by atoms with van der Waals surface area (Å²) in [5, 5.41) is 0.983. The second-order valence-electron chi connectivity index (χ2n) is 7.32. The Balaban J connectivity index is 1.31. The largest absolute Gasteiger partial charge is 0.497 e. The lowest BCUT2D eigenvalue weighted by Crippen LogP contribution is -2.55. The van der Waals surface area contributed by atoms with Gasteiger partial charge in [0.15, 0.2) is 5.13 Å². The lowest BCUT2D eigenvalue weighted by molar-refractivity contribution is -0.123. The maximum atomic E-state index is 13.1. The fourth-order valence-corrected chi connectivity index (χ4v) is 5.06. The minimum absolute atomic E-state index is 0.0418. The van der Waals surface area contributed by atoms with Crippen molar-refractivity contribution in [1.29, 1.82) is 0 Å². The van der Waals surface area contributed by atoms with Crippen molar-refractivity contribution in [3.8, 4) is 5.75 Å². The highest BCUT2D eigenvalue weighted by molar-refractivity contribution is 7.22. The summed E-state index contributed by atoms with van der Waals surface area (Å²) in [6.07, 6.45) is 0.943. The van der Waals surface area contributed by atoms with Crippen LogP contribution in [0.15, 0.2) is 42.5 Å². The van der Waals surface area contributed by atoms with E-state index in [1.54, 1.807) is 18.4 Å². The summed E-state index contributed by atoms with van der Waals surface area (Å²) in [5.74, 6) is 1.13. The Morgan fingerprint density at radius 3 is 2.85 bits per heavy atom. The molecule has 1 amide bonds. The fraction of sp³-hybridized carbons (Fsp3) is 0.333. The molecular formula is C21H21N3O2S. The molecule has 0 N–H and O–H groups in total. The molecule has 1 atom stereocenters. The topological polar surface area (TPSA) is 45.7 Å². The van der Waals surface area contributed by atoms with Crippen LogP contribution in [0.1, 0.15) is 12.5 Å². The molecule has 2 aromatic carbocycles. The molecule has 5 rings (SSSR count). The van der Waals surface area contributed by atoms with E-state index >= 15 is 0 Å². The van der Waals surface area contributed by atoms with Gasteiger partial charge in [0.2, 0.25) is 5.91 Å². The average Bonchev–Trinajstić information content (AvgIpc) is 3.19. The van der Waals surface area contributed by atoms with Gasteiger partial charge in [-0.2, -0.15) is 0 Å². The van der Waals surface area contributed by atoms with E-state index in [-0.39, 0.29) is 17.9 Å². The smallest absolute Gasteiger partial charge is 0.233 e. The zero-order valence-corrected chi connectivity index (χ0v) is 16.2. The van der Waals surface area contributed by atoms with Gasteiger partial charge in [-0.1, -0.05) is 29.5 Å². The molecule has 2 aliphatic rings. The summed E-state index contributed by atoms with van der Waals surface area (Å²) < 4.78 is 6.40. The third kappa shape index (κ3) is 2.67. The van der Waals surface area contributed by atoms with Crippen LogP contribution in [0.25, 0.3) is 10.2 Å². The van der Waals surface area contributed by atoms with Gasteiger partial charge in [0.1, 0.15) is 5.75 Å². The number of nitrogens with zero attached hydrogens (tertiary/aromatic N) is 3. The van der Waals surface area contributed by atoms with E-state index in [0.29, 0.717) is 0 Å². The fourth-order valence-electron chi connectivity index (χ4n) is 4.04. The van der Waals surface area contributed by atoms with Gasteiger partial charge in [-0.3, -0.25) is 4.79 Å². The van der Waals surface area contributed by atoms with E-state index in [1.165, 1.54) is 5.56 Å². The SMILES string of the molecule is COc1ccc2nc(N3CC(C(=O)N4c5ccccc5CC4C)C3)sc2c1. The predicted molar refractivity (Wildman–Crippen MR) is 109 cm³/mol. The number of hydrogen-bond acceptors (Lipinski definition) is 5. The number of fused-ring (bicyclic) bond motifs is 2. The maximum absolute atomic E-state index is 13.1. The minimum atomic E-state index is 0.0418. The summed E-state index contributed by atoms with van der Waals surface area (Å²) >= 11 is 1.66. The number of ether oxygens (including phenoxy) is 1. The summed E-state index contributed by atoms with van der Waals surface area (Å²) in [4.78, 5) is 22.0. The zero-order chi connectivity index (χ0) is 18.5. The first-order chi connectivity index (χ1) is 13.1. The van der Waals surface area contributed by atoms with Gasteiger partial charge in [0.25, 0.3) is 0 Å². The lowest BCUT2D eigenvalue weighted by atomic mass is 9.98. The first-order valence-electron chi connectivity index (χ1n) is 9.24. The Kier molecular flexibility index (Phi) is 3.82. The summed E-state index contributed by atoms with van der Waals surface area (Å²) in [6, 6.07) is 14.4. The van der Waals surface area contributed by atoms with Crippen molar-refractivity contribution < 1.29 is 9.53 Å². The summed E-state index contributed by atoms with van der Waals surface area (Å²) in [5.41, 5.74) is 3.34. The number of amides is 1. The van der Waals surface area contributed by atoms with Crippen molar-refractivity contribution in [3.05, 3.63) is 48.0 Å². The molecule has 5 nitrogen and oxygen atoms in total. The van der Waals surface area contributed by atoms with Crippen molar-refractivity contribution in [3.63, 3.8) is 0 Å². The van der Waals surface area contributed by atoms with Crippen LogP contribution in [0.2, 0.25) is 0 Å². The van der Waals surface area contributed by atoms with Crippen LogP contribution >= 0.6 is 11.3 Å². The van der Waals surface area contributed by atoms with Gasteiger partial charge >= 0.3 is 0 Å². The number of carbonyl (C=O) groups is 1. The molecule has 3 heterocycles. The van der Waals surface area contributed by atoms with Crippen LogP contribution in [-0.4, -0.2) is 37.1 Å². The van der Waals surface area contributed by atoms with Crippen LogP contribution in [0.3, 0.4) is 0 Å². The first kappa shape index (κ1) is 16.6. The van der Waals surface area contributed by atoms with Gasteiger partial charge in [0.05, 0.1) is 23.2 Å². The highest BCUT2D eigenvalue weighted by Gasteiger charge is 2.41. The number of carbonyl (C=O) groups excluding carboxylic acids is 1. The number of thiazole rings is 1. The van der Waals surface area contributed by atoms with Crippen LogP contribution < -0.4 is 14.5 Å². The highest BCUT2D eigenvalue weighted by Crippen LogP contribution is 2.37. The Hall–Kier alpha value is -2.60. The third-order valence-corrected chi connectivity index (χ3v) is 6.61. The van der Waals surface area contributed by atoms with Crippen LogP contribution in [0.4, 0.5) is 10.8 Å². The number of benzene rings is 2. The molecule has 138 valence electrons. The Bertz CT molecular complexity index is 1030. The van der Waals surface area contributed by atoms with Gasteiger partial charge in [-0.25, -0.2) is 4.98 Å². The molecule has 0 radical (unpaired) electrons. The third-order valence-electron chi connectivity index (χ3n) is 5.53. The average molecular weight is 379 g/mol. The molecule has 0 aliphatic carbocycles. The number of aromatic nitrogens is 1. The highest BCUT2D eigenvalue weighted by atomic mass is 32.1. The molecule has 27 heavy (non-hydrogen) atoms. The number of hydrogen-bond donors (Lipinski definition) is 0. The Labute approximate surface area is 162 Å². The van der Waals surface area contributed by atoms with E-state index in [1.807, 2.05) is 35.2 Å². The molecule has 3 aromatic rings. The van der Waals surface area contributed by atoms with E-state index in [4.69, 9.17) is 9.72 Å². The van der Waals surface area contributed by atoms with E-state index in [2.05, 4.69) is 24.0 Å². The lowest BCUT2D eigenvalue weighted by Gasteiger charge is -2.40. The van der Waals surface area contributed by atoms with Crippen molar-refractivity contribution in [2.75, 3.05) is 30.0 Å². The number of rotatable bonds is 3. The van der Waals surface area contributed by atoms with Gasteiger partial charge < -0.3 is 14.5 Å². The quantitative estimate of drug-likeness (QED) is 0.696. The molecule has 0 saturated carbocycles. The molecule has 1 saturated heterocycles. The van der Waals surface area contributed by atoms with Crippen molar-refractivity contribution >= 4 is 38.3 Å². The molecule has 0 bridgehead atoms. The molecule has 0 spiro atoms. The van der Waals surface area contributed by atoms with Crippen LogP contribution in [-0.2, 0) is 11.2 Å². The van der Waals surface area contributed by atoms with Crippen molar-refractivity contribution in [1.82, 2.24) is 4.98 Å². The van der Waals surface area contributed by atoms with Crippen molar-refractivity contribution in [2.24, 2.45) is 5.92 Å². The maximum Gasteiger partial charge on any atom is 0.233 e. The van der Waals surface area contributed by atoms with Gasteiger partial charge in [-0.15, -0.1) is 0 Å². The molecule has 2 aliphatic heterocycles.